The van der Waals surface area contributed by atoms with Crippen LogP contribution in [-0.4, -0.2) is 61.7 Å². The highest BCUT2D eigenvalue weighted by atomic mass is 15.2. The zero-order valence-electron chi connectivity index (χ0n) is 12.7. The third kappa shape index (κ3) is 3.46. The first kappa shape index (κ1) is 14.3. The Morgan fingerprint density at radius 3 is 2.56 bits per heavy atom. The summed E-state index contributed by atoms with van der Waals surface area (Å²) in [5.74, 6) is 0. The first-order valence-corrected chi connectivity index (χ1v) is 7.68. The molecule has 0 radical (unpaired) electrons. The molecule has 0 bridgehead atoms. The second-order valence-electron chi connectivity index (χ2n) is 6.91. The quantitative estimate of drug-likeness (QED) is 0.827. The molecule has 2 atom stereocenters. The predicted octanol–water partition coefficient (Wildman–Crippen LogP) is 1.79. The van der Waals surface area contributed by atoms with Crippen LogP contribution in [0.2, 0.25) is 0 Å². The Balaban J connectivity index is 1.90. The molecule has 2 aliphatic heterocycles. The summed E-state index contributed by atoms with van der Waals surface area (Å²) in [6.45, 7) is 13.4. The Hall–Kier alpha value is -0.120. The molecule has 2 unspecified atom stereocenters. The summed E-state index contributed by atoms with van der Waals surface area (Å²) in [4.78, 5) is 5.20. The number of likely N-dealkylation sites (tertiary alicyclic amines) is 1. The van der Waals surface area contributed by atoms with Crippen LogP contribution < -0.4 is 5.32 Å². The molecule has 0 spiro atoms. The predicted molar refractivity (Wildman–Crippen MR) is 78.0 cm³/mol. The van der Waals surface area contributed by atoms with Crippen LogP contribution in [0.3, 0.4) is 0 Å². The van der Waals surface area contributed by atoms with Gasteiger partial charge in [-0.3, -0.25) is 4.90 Å². The third-order valence-corrected chi connectivity index (χ3v) is 5.05. The van der Waals surface area contributed by atoms with Crippen LogP contribution in [0.1, 0.15) is 40.0 Å². The molecule has 2 saturated heterocycles. The van der Waals surface area contributed by atoms with Gasteiger partial charge in [0.1, 0.15) is 0 Å². The average Bonchev–Trinajstić information content (AvgIpc) is 2.36. The van der Waals surface area contributed by atoms with Crippen molar-refractivity contribution in [1.82, 2.24) is 15.1 Å². The molecule has 0 aromatic heterocycles. The average molecular weight is 253 g/mol. The zero-order valence-corrected chi connectivity index (χ0v) is 12.7. The van der Waals surface area contributed by atoms with Gasteiger partial charge in [0.25, 0.3) is 0 Å². The molecule has 3 heteroatoms. The van der Waals surface area contributed by atoms with Gasteiger partial charge in [0.05, 0.1) is 0 Å². The van der Waals surface area contributed by atoms with Gasteiger partial charge in [-0.05, 0) is 51.7 Å². The second kappa shape index (κ2) is 5.89. The van der Waals surface area contributed by atoms with Crippen molar-refractivity contribution < 1.29 is 0 Å². The van der Waals surface area contributed by atoms with Crippen molar-refractivity contribution in [1.29, 1.82) is 0 Å². The van der Waals surface area contributed by atoms with Crippen molar-refractivity contribution in [2.24, 2.45) is 5.41 Å². The van der Waals surface area contributed by atoms with E-state index in [1.165, 1.54) is 45.4 Å². The highest BCUT2D eigenvalue weighted by Crippen LogP contribution is 2.32. The van der Waals surface area contributed by atoms with Crippen LogP contribution in [0.15, 0.2) is 0 Å². The lowest BCUT2D eigenvalue weighted by Crippen LogP contribution is -2.58. The molecule has 0 aromatic rings. The molecule has 2 rings (SSSR count). The smallest absolute Gasteiger partial charge is 0.0193 e. The summed E-state index contributed by atoms with van der Waals surface area (Å²) in [6.07, 6.45) is 3.97. The summed E-state index contributed by atoms with van der Waals surface area (Å²) < 4.78 is 0. The normalized spacial score (nSPS) is 34.7. The van der Waals surface area contributed by atoms with Gasteiger partial charge in [-0.15, -0.1) is 0 Å². The minimum atomic E-state index is 0.538. The lowest BCUT2D eigenvalue weighted by atomic mass is 9.79. The molecular formula is C15H31N3. The van der Waals surface area contributed by atoms with E-state index in [-0.39, 0.29) is 0 Å². The maximum Gasteiger partial charge on any atom is 0.0193 e. The zero-order chi connectivity index (χ0) is 13.2. The van der Waals surface area contributed by atoms with Gasteiger partial charge in [0, 0.05) is 31.7 Å². The Morgan fingerprint density at radius 2 is 1.94 bits per heavy atom. The number of rotatable bonds is 3. The number of nitrogens with one attached hydrogen (secondary N) is 1. The first-order valence-electron chi connectivity index (χ1n) is 7.68. The van der Waals surface area contributed by atoms with E-state index in [2.05, 4.69) is 42.9 Å². The molecule has 0 amide bonds. The van der Waals surface area contributed by atoms with Crippen molar-refractivity contribution in [2.45, 2.75) is 52.1 Å². The van der Waals surface area contributed by atoms with Gasteiger partial charge in [0.15, 0.2) is 0 Å². The van der Waals surface area contributed by atoms with E-state index in [9.17, 15) is 0 Å². The number of piperazine rings is 1. The van der Waals surface area contributed by atoms with E-state index in [0.717, 1.165) is 6.54 Å². The molecule has 2 heterocycles. The van der Waals surface area contributed by atoms with Crippen LogP contribution in [0.5, 0.6) is 0 Å². The number of nitrogens with zero attached hydrogens (tertiary/aromatic N) is 2. The fourth-order valence-electron chi connectivity index (χ4n) is 3.29. The summed E-state index contributed by atoms with van der Waals surface area (Å²) in [5.41, 5.74) is 0.538. The van der Waals surface area contributed by atoms with Gasteiger partial charge in [-0.2, -0.15) is 0 Å². The van der Waals surface area contributed by atoms with Gasteiger partial charge in [-0.25, -0.2) is 0 Å². The number of hydrogen-bond donors (Lipinski definition) is 1. The second-order valence-corrected chi connectivity index (χ2v) is 6.91. The minimum absolute atomic E-state index is 0.538. The fourth-order valence-corrected chi connectivity index (χ4v) is 3.29. The first-order chi connectivity index (χ1) is 8.52. The Labute approximate surface area is 113 Å². The maximum atomic E-state index is 3.66. The topological polar surface area (TPSA) is 18.5 Å². The van der Waals surface area contributed by atoms with E-state index in [4.69, 9.17) is 0 Å². The number of hydrogen-bond acceptors (Lipinski definition) is 3. The molecule has 2 aliphatic rings. The van der Waals surface area contributed by atoms with Crippen molar-refractivity contribution in [3.05, 3.63) is 0 Å². The lowest BCUT2D eigenvalue weighted by molar-refractivity contribution is 0.0470. The summed E-state index contributed by atoms with van der Waals surface area (Å²) in [5, 5.41) is 3.66. The van der Waals surface area contributed by atoms with Crippen LogP contribution in [0.25, 0.3) is 0 Å². The van der Waals surface area contributed by atoms with Gasteiger partial charge in [0.2, 0.25) is 0 Å². The maximum absolute atomic E-state index is 3.66. The monoisotopic (exact) mass is 253 g/mol. The van der Waals surface area contributed by atoms with Crippen LogP contribution in [0.4, 0.5) is 0 Å². The van der Waals surface area contributed by atoms with E-state index < -0.39 is 0 Å². The molecule has 0 aromatic carbocycles. The van der Waals surface area contributed by atoms with Gasteiger partial charge >= 0.3 is 0 Å². The Morgan fingerprint density at radius 1 is 1.28 bits per heavy atom. The molecule has 18 heavy (non-hydrogen) atoms. The third-order valence-electron chi connectivity index (χ3n) is 5.05. The van der Waals surface area contributed by atoms with E-state index >= 15 is 0 Å². The highest BCUT2D eigenvalue weighted by molar-refractivity contribution is 4.90. The van der Waals surface area contributed by atoms with Crippen LogP contribution in [-0.2, 0) is 0 Å². The van der Waals surface area contributed by atoms with Gasteiger partial charge in [-0.1, -0.05) is 13.8 Å². The Kier molecular flexibility index (Phi) is 4.68. The summed E-state index contributed by atoms with van der Waals surface area (Å²) in [6, 6.07) is 1.40. The molecule has 3 nitrogen and oxygen atoms in total. The van der Waals surface area contributed by atoms with Crippen LogP contribution in [0, 0.1) is 5.41 Å². The Bertz CT molecular complexity index is 258. The standard InChI is InChI=1S/C15H31N3/c1-5-14-11-18(13(2)10-16-14)12-15(3)6-8-17(4)9-7-15/h13-14,16H,5-12H2,1-4H3. The van der Waals surface area contributed by atoms with Gasteiger partial charge < -0.3 is 10.2 Å². The van der Waals surface area contributed by atoms with Crippen molar-refractivity contribution >= 4 is 0 Å². The highest BCUT2D eigenvalue weighted by Gasteiger charge is 2.34. The molecule has 2 fully saturated rings. The summed E-state index contributed by atoms with van der Waals surface area (Å²) >= 11 is 0. The summed E-state index contributed by atoms with van der Waals surface area (Å²) in [7, 11) is 2.25. The molecular weight excluding hydrogens is 222 g/mol. The van der Waals surface area contributed by atoms with E-state index in [0.29, 0.717) is 17.5 Å². The fraction of sp³-hybridized carbons (Fsp3) is 1.00. The minimum Gasteiger partial charge on any atom is -0.311 e. The SMILES string of the molecule is CCC1CN(CC2(C)CCN(C)CC2)C(C)CN1. The molecule has 0 aliphatic carbocycles. The van der Waals surface area contributed by atoms with Crippen molar-refractivity contribution in [3.8, 4) is 0 Å². The molecule has 1 N–H and O–H groups in total. The largest absolute Gasteiger partial charge is 0.311 e. The molecule has 106 valence electrons. The van der Waals surface area contributed by atoms with E-state index in [1.807, 2.05) is 0 Å². The number of piperidine rings is 1. The lowest BCUT2D eigenvalue weighted by Gasteiger charge is -2.46. The van der Waals surface area contributed by atoms with Crippen LogP contribution >= 0.6 is 0 Å². The molecule has 0 saturated carbocycles. The van der Waals surface area contributed by atoms with Crippen molar-refractivity contribution in [3.63, 3.8) is 0 Å². The van der Waals surface area contributed by atoms with E-state index in [1.54, 1.807) is 0 Å². The van der Waals surface area contributed by atoms with Crippen molar-refractivity contribution in [2.75, 3.05) is 39.8 Å².